The van der Waals surface area contributed by atoms with E-state index >= 15 is 0 Å². The van der Waals surface area contributed by atoms with Crippen LogP contribution in [0.15, 0.2) is 121 Å². The molecule has 0 aliphatic carbocycles. The summed E-state index contributed by atoms with van der Waals surface area (Å²) in [5, 5.41) is 18.7. The molecule has 0 heterocycles. The van der Waals surface area contributed by atoms with E-state index in [0.717, 1.165) is 5.56 Å². The smallest absolute Gasteiger partial charge is 0.0579 e. The van der Waals surface area contributed by atoms with Crippen molar-refractivity contribution in [3.63, 3.8) is 0 Å². The summed E-state index contributed by atoms with van der Waals surface area (Å²) < 4.78 is 0. The van der Waals surface area contributed by atoms with Crippen molar-refractivity contribution in [1.82, 2.24) is 0 Å². The zero-order chi connectivity index (χ0) is 32.5. The maximum Gasteiger partial charge on any atom is -0.0579 e. The Morgan fingerprint density at radius 2 is 1.04 bits per heavy atom. The molecule has 0 atom stereocenters. The molecule has 1 nitrogen and oxygen atoms in total. The number of rotatable bonds is 1. The van der Waals surface area contributed by atoms with Crippen molar-refractivity contribution in [2.75, 3.05) is 0 Å². The summed E-state index contributed by atoms with van der Waals surface area (Å²) in [7, 11) is 0. The van der Waals surface area contributed by atoms with Gasteiger partial charge in [-0.05, 0) is 16.4 Å². The minimum atomic E-state index is -0.122. The van der Waals surface area contributed by atoms with Crippen LogP contribution in [0.5, 0.6) is 5.75 Å². The molecule has 0 N–H and O–H groups in total. The Morgan fingerprint density at radius 1 is 0.600 bits per heavy atom. The van der Waals surface area contributed by atoms with Gasteiger partial charge in [-0.1, -0.05) is 91.3 Å². The van der Waals surface area contributed by atoms with Crippen LogP contribution >= 0.6 is 0 Å². The Bertz CT molecular complexity index is 1640. The Kier molecular flexibility index (Phi) is 14.8. The third kappa shape index (κ3) is 12.2. The van der Waals surface area contributed by atoms with Gasteiger partial charge in [0.25, 0.3) is 0 Å². The maximum atomic E-state index is 11.7. The van der Waals surface area contributed by atoms with Gasteiger partial charge >= 0.3 is 70.8 Å². The topological polar surface area (TPSA) is 23.1 Å². The first kappa shape index (κ1) is 38.5. The van der Waals surface area contributed by atoms with Gasteiger partial charge in [0.2, 0.25) is 0 Å². The minimum absolute atomic E-state index is 0. The Morgan fingerprint density at radius 3 is 1.42 bits per heavy atom. The molecule has 6 rings (SSSR count). The molecular weight excluding hydrogens is 663 g/mol. The molecular formula is C41H47ClOSiZr-2. The third-order valence-corrected chi connectivity index (χ3v) is 10.7. The van der Waals surface area contributed by atoms with Crippen LogP contribution in [0.2, 0.25) is 6.55 Å². The quantitative estimate of drug-likeness (QED) is 0.131. The molecule has 0 aliphatic rings. The van der Waals surface area contributed by atoms with Gasteiger partial charge in [-0.25, -0.2) is 0 Å². The average molecular weight is 711 g/mol. The van der Waals surface area contributed by atoms with Crippen molar-refractivity contribution >= 4 is 32.2 Å². The van der Waals surface area contributed by atoms with E-state index in [0.29, 0.717) is 0 Å². The average Bonchev–Trinajstić information content (AvgIpc) is 3.54. The molecule has 0 radical (unpaired) electrons. The first-order valence-corrected chi connectivity index (χ1v) is 21.0. The fraction of sp³-hybridized carbons (Fsp3) is 0.268. The van der Waals surface area contributed by atoms with Crippen LogP contribution in [0.4, 0.5) is 0 Å². The summed E-state index contributed by atoms with van der Waals surface area (Å²) in [5.41, 5.74) is 4.75. The van der Waals surface area contributed by atoms with Crippen molar-refractivity contribution in [2.24, 2.45) is 0 Å². The summed E-state index contributed by atoms with van der Waals surface area (Å²) in [6.45, 7) is 19.3. The van der Waals surface area contributed by atoms with Gasteiger partial charge in [0, 0.05) is 0 Å². The fourth-order valence-corrected chi connectivity index (χ4v) is 6.80. The zero-order valence-corrected chi connectivity index (χ0v) is 32.5. The summed E-state index contributed by atoms with van der Waals surface area (Å²) in [6, 6.07) is 42.1. The molecule has 6 aromatic rings. The van der Waals surface area contributed by atoms with E-state index in [1.807, 2.05) is 6.07 Å². The second kappa shape index (κ2) is 17.3. The van der Waals surface area contributed by atoms with E-state index in [1.165, 1.54) is 38.2 Å². The van der Waals surface area contributed by atoms with Gasteiger partial charge in [-0.2, -0.15) is 12.1 Å². The monoisotopic (exact) mass is 708 g/mol. The van der Waals surface area contributed by atoms with Gasteiger partial charge in [0.1, 0.15) is 0 Å². The molecule has 0 amide bonds. The molecule has 4 heteroatoms. The first-order valence-electron chi connectivity index (χ1n) is 15.3. The van der Waals surface area contributed by atoms with Crippen LogP contribution in [-0.4, -0.2) is 5.43 Å². The fourth-order valence-electron chi connectivity index (χ4n) is 4.88. The van der Waals surface area contributed by atoms with Gasteiger partial charge < -0.3 is 17.5 Å². The summed E-state index contributed by atoms with van der Waals surface area (Å²) >= 11 is 1.69. The molecule has 0 unspecified atom stereocenters. The molecule has 0 saturated heterocycles. The number of benzene rings is 4. The van der Waals surface area contributed by atoms with Crippen LogP contribution in [0.1, 0.15) is 63.8 Å². The van der Waals surface area contributed by atoms with E-state index in [-0.39, 0.29) is 34.4 Å². The SMILES string of the molecule is CC(C)(C)c1ccc([O-])c(C(C)(C)C)c1.C[Si](=[Zr+2])c1ccccc1.Cc1cc2ccccc2[cH-]1.Cc1cc2ccccc2[cH-]1.[Cl-]. The normalized spacial score (nSPS) is 10.8. The largest absolute Gasteiger partial charge is 1.00 e. The number of aryl methyl sites for hydroxylation is 2. The third-order valence-electron chi connectivity index (χ3n) is 7.39. The van der Waals surface area contributed by atoms with E-state index in [1.54, 1.807) is 34.6 Å². The molecule has 234 valence electrons. The zero-order valence-electron chi connectivity index (χ0n) is 28.3. The Hall–Kier alpha value is -2.71. The van der Waals surface area contributed by atoms with Crippen molar-refractivity contribution in [2.45, 2.75) is 72.8 Å². The summed E-state index contributed by atoms with van der Waals surface area (Å²) in [5.74, 6) is 0.149. The van der Waals surface area contributed by atoms with E-state index in [9.17, 15) is 5.11 Å². The second-order valence-corrected chi connectivity index (χ2v) is 20.9. The molecule has 0 aromatic heterocycles. The van der Waals surface area contributed by atoms with Crippen LogP contribution in [0, 0.1) is 13.8 Å². The predicted octanol–water partition coefficient (Wildman–Crippen LogP) is 7.16. The maximum absolute atomic E-state index is 11.7. The van der Waals surface area contributed by atoms with Gasteiger partial charge in [0.05, 0.1) is 0 Å². The second-order valence-electron chi connectivity index (χ2n) is 13.5. The van der Waals surface area contributed by atoms with Crippen molar-refractivity contribution in [3.8, 4) is 5.75 Å². The number of fused-ring (bicyclic) bond motifs is 2. The van der Waals surface area contributed by atoms with E-state index in [4.69, 9.17) is 0 Å². The van der Waals surface area contributed by atoms with Gasteiger partial charge in [0.15, 0.2) is 0 Å². The molecule has 0 fully saturated rings. The van der Waals surface area contributed by atoms with Crippen molar-refractivity contribution in [1.29, 1.82) is 0 Å². The summed E-state index contributed by atoms with van der Waals surface area (Å²) in [4.78, 5) is 0. The number of hydrogen-bond acceptors (Lipinski definition) is 1. The Labute approximate surface area is 293 Å². The minimum Gasteiger partial charge on any atom is -1.00 e. The van der Waals surface area contributed by atoms with E-state index < -0.39 is 0 Å². The van der Waals surface area contributed by atoms with E-state index in [2.05, 4.69) is 171 Å². The predicted molar refractivity (Wildman–Crippen MR) is 190 cm³/mol. The van der Waals surface area contributed by atoms with Gasteiger partial charge in [-0.15, -0.1) is 87.0 Å². The molecule has 0 spiro atoms. The van der Waals surface area contributed by atoms with Crippen LogP contribution < -0.4 is 22.7 Å². The Balaban J connectivity index is 0.000000211. The van der Waals surface area contributed by atoms with Crippen LogP contribution in [-0.2, 0) is 34.2 Å². The molecule has 0 saturated carbocycles. The number of halogens is 1. The molecule has 0 bridgehead atoms. The van der Waals surface area contributed by atoms with Gasteiger partial charge in [-0.3, -0.25) is 0 Å². The van der Waals surface area contributed by atoms with Crippen LogP contribution in [0.3, 0.4) is 0 Å². The van der Waals surface area contributed by atoms with Crippen LogP contribution in [0.25, 0.3) is 21.5 Å². The molecule has 0 aliphatic heterocycles. The molecule has 45 heavy (non-hydrogen) atoms. The van der Waals surface area contributed by atoms with Crippen molar-refractivity contribution in [3.05, 3.63) is 144 Å². The summed E-state index contributed by atoms with van der Waals surface area (Å²) in [6.07, 6.45) is 0. The number of hydrogen-bond donors (Lipinski definition) is 0. The molecule has 6 aromatic carbocycles. The standard InChI is InChI=1S/C14H22O.2C10H9.C7H8Si.ClH.Zr/c1-13(2,3)10-7-8-12(15)11(9-10)14(4,5)6;2*1-8-6-9-4-2-3-5-10(9)7-8;1-8-7-5-3-2-4-6-7;;/h7-9,15H,1-6H3;2*2-7H,1H3;2-6H,1H3;1H;/q;2*-1;;;+2/p-2. The van der Waals surface area contributed by atoms with Crippen molar-refractivity contribution < 1.29 is 40.8 Å². The first-order chi connectivity index (χ1) is 20.6.